The van der Waals surface area contributed by atoms with Crippen LogP contribution < -0.4 is 0 Å². The predicted molar refractivity (Wildman–Crippen MR) is 84.0 cm³/mol. The third-order valence-electron chi connectivity index (χ3n) is 3.07. The maximum Gasteiger partial charge on any atom is 0.265 e. The lowest BCUT2D eigenvalue weighted by atomic mass is 10.1. The Balaban J connectivity index is 2.25. The molecule has 0 aliphatic carbocycles. The monoisotopic (exact) mass is 357 g/mol. The van der Waals surface area contributed by atoms with Crippen molar-refractivity contribution in [1.82, 2.24) is 4.90 Å². The quantitative estimate of drug-likeness (QED) is 0.756. The first-order valence-electron chi connectivity index (χ1n) is 5.77. The van der Waals surface area contributed by atoms with Crippen molar-refractivity contribution < 1.29 is 4.79 Å². The Kier molecular flexibility index (Phi) is 4.66. The molecule has 0 radical (unpaired) electrons. The van der Waals surface area contributed by atoms with Crippen LogP contribution in [0.5, 0.6) is 0 Å². The van der Waals surface area contributed by atoms with E-state index in [9.17, 15) is 4.79 Å². The van der Waals surface area contributed by atoms with Gasteiger partial charge in [0.1, 0.15) is 4.88 Å². The molecule has 0 aliphatic rings. The van der Waals surface area contributed by atoms with Crippen molar-refractivity contribution in [1.29, 1.82) is 0 Å². The molecule has 1 atom stereocenters. The van der Waals surface area contributed by atoms with Crippen LogP contribution in [0.1, 0.15) is 28.2 Å². The summed E-state index contributed by atoms with van der Waals surface area (Å²) < 4.78 is 0.834. The van der Waals surface area contributed by atoms with Crippen LogP contribution in [0.3, 0.4) is 0 Å². The zero-order valence-electron chi connectivity index (χ0n) is 10.6. The Morgan fingerprint density at radius 1 is 1.37 bits per heavy atom. The summed E-state index contributed by atoms with van der Waals surface area (Å²) in [5, 5.41) is 2.57. The number of hydrogen-bond donors (Lipinski definition) is 0. The summed E-state index contributed by atoms with van der Waals surface area (Å²) in [5.74, 6) is -0.00528. The van der Waals surface area contributed by atoms with E-state index in [2.05, 4.69) is 15.9 Å². The average molecular weight is 359 g/mol. The molecule has 1 unspecified atom stereocenters. The summed E-state index contributed by atoms with van der Waals surface area (Å²) in [4.78, 5) is 14.8. The van der Waals surface area contributed by atoms with Crippen molar-refractivity contribution in [3.8, 4) is 0 Å². The second kappa shape index (κ2) is 6.07. The van der Waals surface area contributed by atoms with Crippen molar-refractivity contribution in [2.45, 2.75) is 13.0 Å². The van der Waals surface area contributed by atoms with Gasteiger partial charge in [-0.15, -0.1) is 11.3 Å². The van der Waals surface area contributed by atoms with Crippen LogP contribution in [0.4, 0.5) is 0 Å². The summed E-state index contributed by atoms with van der Waals surface area (Å²) >= 11 is 11.0. The van der Waals surface area contributed by atoms with Gasteiger partial charge in [-0.2, -0.15) is 0 Å². The third kappa shape index (κ3) is 3.02. The molecule has 1 heterocycles. The number of nitrogens with zero attached hydrogens (tertiary/aromatic N) is 1. The standard InChI is InChI=1S/C14H13BrClNOS/c1-9(10-5-3-4-6-12(10)16)17(2)14(18)13-11(15)7-8-19-13/h3-9H,1-2H3. The second-order valence-electron chi connectivity index (χ2n) is 4.21. The molecule has 2 aromatic rings. The fourth-order valence-corrected chi connectivity index (χ4v) is 3.62. The number of carbonyl (C=O) groups is 1. The van der Waals surface area contributed by atoms with E-state index in [0.717, 1.165) is 10.0 Å². The van der Waals surface area contributed by atoms with Crippen LogP contribution in [0, 0.1) is 0 Å². The molecule has 1 aromatic heterocycles. The molecule has 1 aromatic carbocycles. The van der Waals surface area contributed by atoms with Gasteiger partial charge >= 0.3 is 0 Å². The maximum atomic E-state index is 12.4. The molecule has 0 fully saturated rings. The number of halogens is 2. The first-order chi connectivity index (χ1) is 9.02. The molecule has 0 N–H and O–H groups in total. The predicted octanol–water partition coefficient (Wildman–Crippen LogP) is 5.00. The highest BCUT2D eigenvalue weighted by atomic mass is 79.9. The summed E-state index contributed by atoms with van der Waals surface area (Å²) in [6.07, 6.45) is 0. The van der Waals surface area contributed by atoms with Gasteiger partial charge in [-0.1, -0.05) is 29.8 Å². The van der Waals surface area contributed by atoms with Crippen molar-refractivity contribution in [3.63, 3.8) is 0 Å². The number of hydrogen-bond acceptors (Lipinski definition) is 2. The lowest BCUT2D eigenvalue weighted by molar-refractivity contribution is 0.0747. The van der Waals surface area contributed by atoms with Crippen LogP contribution in [-0.4, -0.2) is 17.9 Å². The highest BCUT2D eigenvalue weighted by molar-refractivity contribution is 9.10. The molecule has 5 heteroatoms. The van der Waals surface area contributed by atoms with Gasteiger partial charge in [0.05, 0.1) is 6.04 Å². The number of thiophene rings is 1. The minimum atomic E-state index is -0.0739. The Bertz CT molecular complexity index is 599. The van der Waals surface area contributed by atoms with Gasteiger partial charge in [-0.25, -0.2) is 0 Å². The molecular formula is C14H13BrClNOS. The van der Waals surface area contributed by atoms with Crippen LogP contribution in [-0.2, 0) is 0 Å². The molecular weight excluding hydrogens is 346 g/mol. The number of amides is 1. The normalized spacial score (nSPS) is 12.2. The van der Waals surface area contributed by atoms with E-state index in [1.54, 1.807) is 11.9 Å². The molecule has 0 bridgehead atoms. The number of benzene rings is 1. The molecule has 2 nitrogen and oxygen atoms in total. The Hall–Kier alpha value is -0.840. The van der Waals surface area contributed by atoms with Gasteiger partial charge in [-0.05, 0) is 45.9 Å². The number of carbonyl (C=O) groups excluding carboxylic acids is 1. The fourth-order valence-electron chi connectivity index (χ4n) is 1.80. The highest BCUT2D eigenvalue weighted by Crippen LogP contribution is 2.30. The minimum absolute atomic E-state index is 0.00528. The topological polar surface area (TPSA) is 20.3 Å². The Morgan fingerprint density at radius 2 is 2.05 bits per heavy atom. The van der Waals surface area contributed by atoms with E-state index >= 15 is 0 Å². The lowest BCUT2D eigenvalue weighted by Gasteiger charge is -2.25. The van der Waals surface area contributed by atoms with Gasteiger partial charge in [0, 0.05) is 16.5 Å². The molecule has 1 amide bonds. The van der Waals surface area contributed by atoms with Crippen molar-refractivity contribution >= 4 is 44.8 Å². The average Bonchev–Trinajstić information content (AvgIpc) is 2.83. The van der Waals surface area contributed by atoms with Gasteiger partial charge in [0.25, 0.3) is 5.91 Å². The summed E-state index contributed by atoms with van der Waals surface area (Å²) in [7, 11) is 1.79. The second-order valence-corrected chi connectivity index (χ2v) is 6.39. The van der Waals surface area contributed by atoms with Gasteiger partial charge < -0.3 is 4.90 Å². The summed E-state index contributed by atoms with van der Waals surface area (Å²) in [5.41, 5.74) is 0.952. The van der Waals surface area contributed by atoms with E-state index in [1.807, 2.05) is 42.6 Å². The molecule has 0 saturated carbocycles. The van der Waals surface area contributed by atoms with Crippen molar-refractivity contribution in [2.24, 2.45) is 0 Å². The highest BCUT2D eigenvalue weighted by Gasteiger charge is 2.22. The summed E-state index contributed by atoms with van der Waals surface area (Å²) in [6, 6.07) is 9.40. The smallest absolute Gasteiger partial charge is 0.265 e. The van der Waals surface area contributed by atoms with Crippen LogP contribution >= 0.6 is 38.9 Å². The molecule has 19 heavy (non-hydrogen) atoms. The van der Waals surface area contributed by atoms with E-state index in [-0.39, 0.29) is 11.9 Å². The van der Waals surface area contributed by atoms with Gasteiger partial charge in [-0.3, -0.25) is 4.79 Å². The first-order valence-corrected chi connectivity index (χ1v) is 7.82. The lowest BCUT2D eigenvalue weighted by Crippen LogP contribution is -2.29. The van der Waals surface area contributed by atoms with E-state index in [1.165, 1.54) is 11.3 Å². The van der Waals surface area contributed by atoms with Crippen LogP contribution in [0.2, 0.25) is 5.02 Å². The van der Waals surface area contributed by atoms with Crippen LogP contribution in [0.25, 0.3) is 0 Å². The SMILES string of the molecule is CC(c1ccccc1Cl)N(C)C(=O)c1sccc1Br. The van der Waals surface area contributed by atoms with Crippen LogP contribution in [0.15, 0.2) is 40.2 Å². The molecule has 0 aliphatic heterocycles. The summed E-state index contributed by atoms with van der Waals surface area (Å²) in [6.45, 7) is 1.97. The maximum absolute atomic E-state index is 12.4. The molecule has 2 rings (SSSR count). The van der Waals surface area contributed by atoms with Gasteiger partial charge in [0.2, 0.25) is 0 Å². The fraction of sp³-hybridized carbons (Fsp3) is 0.214. The zero-order valence-corrected chi connectivity index (χ0v) is 13.7. The van der Waals surface area contributed by atoms with E-state index in [0.29, 0.717) is 9.90 Å². The molecule has 100 valence electrons. The Labute approximate surface area is 130 Å². The van der Waals surface area contributed by atoms with Gasteiger partial charge in [0.15, 0.2) is 0 Å². The zero-order chi connectivity index (χ0) is 14.0. The van der Waals surface area contributed by atoms with Crippen molar-refractivity contribution in [2.75, 3.05) is 7.05 Å². The first kappa shape index (κ1) is 14.6. The number of rotatable bonds is 3. The van der Waals surface area contributed by atoms with E-state index in [4.69, 9.17) is 11.6 Å². The van der Waals surface area contributed by atoms with Crippen molar-refractivity contribution in [3.05, 3.63) is 55.6 Å². The molecule has 0 spiro atoms. The largest absolute Gasteiger partial charge is 0.334 e. The third-order valence-corrected chi connectivity index (χ3v) is 5.24. The minimum Gasteiger partial charge on any atom is -0.334 e. The Morgan fingerprint density at radius 3 is 2.63 bits per heavy atom. The van der Waals surface area contributed by atoms with E-state index < -0.39 is 0 Å². The molecule has 0 saturated heterocycles.